The van der Waals surface area contributed by atoms with E-state index in [2.05, 4.69) is 4.99 Å². The summed E-state index contributed by atoms with van der Waals surface area (Å²) in [5, 5.41) is 1.51. The maximum absolute atomic E-state index is 5.81. The average molecular weight is 231 g/mol. The highest BCUT2D eigenvalue weighted by atomic mass is 16.7. The largest absolute Gasteiger partial charge is 0.493 e. The number of hydrogen-bond donors (Lipinski definition) is 1. The first-order valence-corrected chi connectivity index (χ1v) is 5.63. The Balaban J connectivity index is 2.14. The third-order valence-corrected chi connectivity index (χ3v) is 3.16. The van der Waals surface area contributed by atoms with Gasteiger partial charge in [-0.2, -0.15) is 0 Å². The number of aliphatic imine (C=N–C) groups is 1. The fourth-order valence-corrected chi connectivity index (χ4v) is 2.27. The number of rotatable bonds is 0. The second-order valence-corrected chi connectivity index (χ2v) is 4.44. The van der Waals surface area contributed by atoms with Gasteiger partial charge >= 0.3 is 0 Å². The van der Waals surface area contributed by atoms with Crippen LogP contribution >= 0.6 is 0 Å². The lowest BCUT2D eigenvalue weighted by atomic mass is 9.88. The first-order valence-electron chi connectivity index (χ1n) is 5.63. The molecule has 1 unspecified atom stereocenters. The van der Waals surface area contributed by atoms with Crippen LogP contribution in [0, 0.1) is 0 Å². The minimum atomic E-state index is -0.696. The molecule has 0 radical (unpaired) electrons. The Morgan fingerprint density at radius 1 is 1.53 bits per heavy atom. The van der Waals surface area contributed by atoms with E-state index in [0.717, 1.165) is 16.8 Å². The number of hydroxylamine groups is 2. The van der Waals surface area contributed by atoms with Gasteiger partial charge in [0.05, 0.1) is 12.2 Å². The van der Waals surface area contributed by atoms with Gasteiger partial charge in [-0.05, 0) is 6.07 Å². The van der Waals surface area contributed by atoms with E-state index in [1.807, 2.05) is 26.0 Å². The van der Waals surface area contributed by atoms with Crippen LogP contribution < -0.4 is 15.9 Å². The zero-order valence-corrected chi connectivity index (χ0v) is 9.93. The van der Waals surface area contributed by atoms with Crippen LogP contribution in [0.25, 0.3) is 0 Å². The zero-order chi connectivity index (χ0) is 12.0. The van der Waals surface area contributed by atoms with Gasteiger partial charge in [-0.25, -0.2) is 14.9 Å². The Bertz CT molecular complexity index is 505. The first-order chi connectivity index (χ1) is 8.11. The molecule has 1 aromatic rings. The molecule has 2 aliphatic rings. The Morgan fingerprint density at radius 3 is 3.06 bits per heavy atom. The number of hydrogen-bond acceptors (Lipinski definition) is 5. The third kappa shape index (κ3) is 1.48. The van der Waals surface area contributed by atoms with Crippen molar-refractivity contribution in [2.75, 3.05) is 13.7 Å². The number of nitrogens with two attached hydrogens (primary N) is 1. The van der Waals surface area contributed by atoms with Crippen molar-refractivity contribution in [2.24, 2.45) is 10.7 Å². The van der Waals surface area contributed by atoms with Crippen molar-refractivity contribution in [3.05, 3.63) is 23.8 Å². The van der Waals surface area contributed by atoms with Crippen LogP contribution in [0.3, 0.4) is 0 Å². The standard InChI is InChI=1S/C11H14BN3O2/c1-15-10(13)14-11(17-15)4-5-16-9-3-2-7(12)6-8(9)11/h2-3,6H,4-5,12H2,1H3,(H2,13,14). The molecule has 0 saturated carbocycles. The molecular weight excluding hydrogens is 217 g/mol. The lowest BCUT2D eigenvalue weighted by Gasteiger charge is -2.32. The number of benzene rings is 1. The molecule has 0 aromatic heterocycles. The van der Waals surface area contributed by atoms with E-state index in [4.69, 9.17) is 15.3 Å². The summed E-state index contributed by atoms with van der Waals surface area (Å²) < 4.78 is 5.63. The molecule has 17 heavy (non-hydrogen) atoms. The lowest BCUT2D eigenvalue weighted by Crippen LogP contribution is -2.35. The summed E-state index contributed by atoms with van der Waals surface area (Å²) in [6.45, 7) is 0.584. The van der Waals surface area contributed by atoms with E-state index < -0.39 is 5.72 Å². The van der Waals surface area contributed by atoms with E-state index in [0.29, 0.717) is 19.0 Å². The molecule has 1 atom stereocenters. The van der Waals surface area contributed by atoms with E-state index >= 15 is 0 Å². The Labute approximate surface area is 101 Å². The molecule has 0 saturated heterocycles. The van der Waals surface area contributed by atoms with E-state index in [1.54, 1.807) is 7.05 Å². The summed E-state index contributed by atoms with van der Waals surface area (Å²) >= 11 is 0. The van der Waals surface area contributed by atoms with Crippen molar-refractivity contribution >= 4 is 19.3 Å². The second kappa shape index (κ2) is 3.40. The average Bonchev–Trinajstić information content (AvgIpc) is 2.57. The van der Waals surface area contributed by atoms with Crippen molar-refractivity contribution in [1.29, 1.82) is 0 Å². The van der Waals surface area contributed by atoms with Crippen LogP contribution in [0.1, 0.15) is 12.0 Å². The topological polar surface area (TPSA) is 60.1 Å². The van der Waals surface area contributed by atoms with Gasteiger partial charge in [0.2, 0.25) is 11.7 Å². The Kier molecular flexibility index (Phi) is 2.09. The normalized spacial score (nSPS) is 26.6. The monoisotopic (exact) mass is 231 g/mol. The van der Waals surface area contributed by atoms with Gasteiger partial charge in [-0.3, -0.25) is 0 Å². The van der Waals surface area contributed by atoms with Crippen molar-refractivity contribution in [2.45, 2.75) is 12.1 Å². The highest BCUT2D eigenvalue weighted by Crippen LogP contribution is 2.43. The molecular formula is C11H14BN3O2. The van der Waals surface area contributed by atoms with Crippen LogP contribution in [0.5, 0.6) is 5.75 Å². The molecule has 0 fully saturated rings. The van der Waals surface area contributed by atoms with Crippen molar-refractivity contribution in [3.63, 3.8) is 0 Å². The molecule has 2 heterocycles. The number of ether oxygens (including phenoxy) is 1. The second-order valence-electron chi connectivity index (χ2n) is 4.44. The Hall–Kier alpha value is -1.69. The first kappa shape index (κ1) is 10.5. The maximum Gasteiger partial charge on any atom is 0.221 e. The van der Waals surface area contributed by atoms with Crippen LogP contribution in [0.2, 0.25) is 0 Å². The lowest BCUT2D eigenvalue weighted by molar-refractivity contribution is -0.183. The molecule has 2 aliphatic heterocycles. The molecule has 6 heteroatoms. The van der Waals surface area contributed by atoms with Gasteiger partial charge in [0.15, 0.2) is 0 Å². The van der Waals surface area contributed by atoms with Crippen LogP contribution in [-0.2, 0) is 10.6 Å². The van der Waals surface area contributed by atoms with Crippen molar-refractivity contribution in [1.82, 2.24) is 5.06 Å². The van der Waals surface area contributed by atoms with Crippen molar-refractivity contribution in [3.8, 4) is 5.75 Å². The summed E-state index contributed by atoms with van der Waals surface area (Å²) in [5.41, 5.74) is 7.20. The van der Waals surface area contributed by atoms with Crippen LogP contribution in [0.15, 0.2) is 23.2 Å². The predicted octanol–water partition coefficient (Wildman–Crippen LogP) is -0.928. The Morgan fingerprint density at radius 2 is 2.35 bits per heavy atom. The van der Waals surface area contributed by atoms with Crippen LogP contribution in [-0.4, -0.2) is 32.5 Å². The molecule has 88 valence electrons. The number of fused-ring (bicyclic) bond motifs is 2. The SMILES string of the molecule is Bc1ccc2c(c1)C1(CCO2)N=C(N)N(C)O1. The van der Waals surface area contributed by atoms with Gasteiger partial charge < -0.3 is 10.5 Å². The molecule has 1 aromatic carbocycles. The smallest absolute Gasteiger partial charge is 0.221 e. The highest BCUT2D eigenvalue weighted by Gasteiger charge is 2.45. The summed E-state index contributed by atoms with van der Waals surface area (Å²) in [4.78, 5) is 10.3. The quantitative estimate of drug-likeness (QED) is 0.586. The van der Waals surface area contributed by atoms with E-state index in [1.165, 1.54) is 5.06 Å². The molecule has 5 nitrogen and oxygen atoms in total. The molecule has 0 amide bonds. The van der Waals surface area contributed by atoms with Crippen molar-refractivity contribution < 1.29 is 9.57 Å². The molecule has 3 rings (SSSR count). The number of guanidine groups is 1. The van der Waals surface area contributed by atoms with E-state index in [9.17, 15) is 0 Å². The predicted molar refractivity (Wildman–Crippen MR) is 66.9 cm³/mol. The number of nitrogens with zero attached hydrogens (tertiary/aromatic N) is 2. The van der Waals surface area contributed by atoms with Gasteiger partial charge in [-0.15, -0.1) is 0 Å². The molecule has 0 bridgehead atoms. The van der Waals surface area contributed by atoms with Crippen LogP contribution in [0.4, 0.5) is 0 Å². The summed E-state index contributed by atoms with van der Waals surface area (Å²) in [6.07, 6.45) is 0.675. The maximum atomic E-state index is 5.81. The zero-order valence-electron chi connectivity index (χ0n) is 9.93. The highest BCUT2D eigenvalue weighted by molar-refractivity contribution is 6.32. The minimum Gasteiger partial charge on any atom is -0.493 e. The molecule has 2 N–H and O–H groups in total. The molecule has 1 spiro atoms. The third-order valence-electron chi connectivity index (χ3n) is 3.16. The summed E-state index contributed by atoms with van der Waals surface area (Å²) in [6, 6.07) is 6.02. The van der Waals surface area contributed by atoms with Gasteiger partial charge in [0.1, 0.15) is 13.6 Å². The fraction of sp³-hybridized carbons (Fsp3) is 0.364. The minimum absolute atomic E-state index is 0.402. The van der Waals surface area contributed by atoms with E-state index in [-0.39, 0.29) is 0 Å². The van der Waals surface area contributed by atoms with Gasteiger partial charge in [0, 0.05) is 13.5 Å². The van der Waals surface area contributed by atoms with Gasteiger partial charge in [-0.1, -0.05) is 17.6 Å². The van der Waals surface area contributed by atoms with Gasteiger partial charge in [0.25, 0.3) is 0 Å². The molecule has 0 aliphatic carbocycles. The summed E-state index contributed by atoms with van der Waals surface area (Å²) in [7, 11) is 3.80. The summed E-state index contributed by atoms with van der Waals surface area (Å²) in [5.74, 6) is 1.23. The fourth-order valence-electron chi connectivity index (χ4n) is 2.27.